The molecular formula is C23H36ClN3O3S. The Kier molecular flexibility index (Phi) is 9.19. The molecule has 2 heterocycles. The minimum Gasteiger partial charge on any atom is -0.356 e. The fraction of sp³-hybridized carbons (Fsp3) is 0.696. The molecular weight excluding hydrogens is 434 g/mol. The van der Waals surface area contributed by atoms with Crippen LogP contribution in [0.15, 0.2) is 24.3 Å². The van der Waals surface area contributed by atoms with Crippen molar-refractivity contribution in [1.29, 1.82) is 0 Å². The van der Waals surface area contributed by atoms with Gasteiger partial charge in [-0.15, -0.1) is 0 Å². The van der Waals surface area contributed by atoms with Gasteiger partial charge in [0.15, 0.2) is 0 Å². The van der Waals surface area contributed by atoms with Gasteiger partial charge in [-0.3, -0.25) is 4.79 Å². The maximum Gasteiger partial charge on any atom is 0.223 e. The van der Waals surface area contributed by atoms with Crippen molar-refractivity contribution >= 4 is 27.5 Å². The van der Waals surface area contributed by atoms with Gasteiger partial charge >= 0.3 is 0 Å². The van der Waals surface area contributed by atoms with Crippen LogP contribution in [0, 0.1) is 5.92 Å². The Balaban J connectivity index is 1.38. The fourth-order valence-corrected chi connectivity index (χ4v) is 6.54. The van der Waals surface area contributed by atoms with E-state index in [9.17, 15) is 13.2 Å². The molecule has 1 atom stereocenters. The van der Waals surface area contributed by atoms with Gasteiger partial charge in [-0.2, -0.15) is 0 Å². The third kappa shape index (κ3) is 7.17. The number of hydrogen-bond acceptors (Lipinski definition) is 4. The van der Waals surface area contributed by atoms with Crippen LogP contribution in [-0.4, -0.2) is 62.3 Å². The Morgan fingerprint density at radius 1 is 1.16 bits per heavy atom. The highest BCUT2D eigenvalue weighted by Crippen LogP contribution is 2.23. The average Bonchev–Trinajstić information content (AvgIpc) is 2.76. The quantitative estimate of drug-likeness (QED) is 0.560. The van der Waals surface area contributed by atoms with E-state index in [1.807, 2.05) is 0 Å². The number of benzene rings is 1. The second kappa shape index (κ2) is 11.6. The van der Waals surface area contributed by atoms with Gasteiger partial charge in [-0.25, -0.2) is 12.7 Å². The number of nitrogens with one attached hydrogen (secondary N) is 1. The zero-order valence-corrected chi connectivity index (χ0v) is 20.1. The topological polar surface area (TPSA) is 69.7 Å². The lowest BCUT2D eigenvalue weighted by Crippen LogP contribution is -2.44. The van der Waals surface area contributed by atoms with Crippen molar-refractivity contribution in [1.82, 2.24) is 14.5 Å². The van der Waals surface area contributed by atoms with Gasteiger partial charge in [0.05, 0.1) is 5.75 Å². The normalized spacial score (nSPS) is 21.8. The number of hydrogen-bond donors (Lipinski definition) is 1. The van der Waals surface area contributed by atoms with Crippen molar-refractivity contribution in [3.63, 3.8) is 0 Å². The number of rotatable bonds is 9. The molecule has 2 fully saturated rings. The number of halogens is 1. The van der Waals surface area contributed by atoms with Crippen LogP contribution in [0.3, 0.4) is 0 Å². The van der Waals surface area contributed by atoms with E-state index in [-0.39, 0.29) is 17.6 Å². The second-order valence-corrected chi connectivity index (χ2v) is 11.2. The molecule has 2 aliphatic heterocycles. The third-order valence-electron chi connectivity index (χ3n) is 6.60. The maximum atomic E-state index is 12.7. The third-order valence-corrected chi connectivity index (χ3v) is 8.68. The van der Waals surface area contributed by atoms with Crippen LogP contribution in [-0.2, 0) is 20.6 Å². The Morgan fingerprint density at radius 3 is 2.65 bits per heavy atom. The number of carbonyl (C=O) groups excluding carboxylic acids is 1. The summed E-state index contributed by atoms with van der Waals surface area (Å²) in [4.78, 5) is 15.1. The molecule has 2 aliphatic rings. The molecule has 174 valence electrons. The smallest absolute Gasteiger partial charge is 0.223 e. The van der Waals surface area contributed by atoms with Crippen LogP contribution in [0.25, 0.3) is 0 Å². The Labute approximate surface area is 192 Å². The van der Waals surface area contributed by atoms with Gasteiger partial charge in [0, 0.05) is 43.2 Å². The summed E-state index contributed by atoms with van der Waals surface area (Å²) in [5, 5.41) is 3.61. The Bertz CT molecular complexity index is 825. The molecule has 31 heavy (non-hydrogen) atoms. The van der Waals surface area contributed by atoms with Gasteiger partial charge in [-0.05, 0) is 62.8 Å². The number of sulfonamides is 1. The summed E-state index contributed by atoms with van der Waals surface area (Å²) in [6, 6.07) is 7.65. The van der Waals surface area contributed by atoms with Gasteiger partial charge in [0.25, 0.3) is 0 Å². The lowest BCUT2D eigenvalue weighted by Gasteiger charge is -2.35. The van der Waals surface area contributed by atoms with Crippen LogP contribution < -0.4 is 5.32 Å². The van der Waals surface area contributed by atoms with Gasteiger partial charge in [0.2, 0.25) is 15.9 Å². The molecule has 2 saturated heterocycles. The van der Waals surface area contributed by atoms with Crippen LogP contribution in [0.5, 0.6) is 0 Å². The highest BCUT2D eigenvalue weighted by molar-refractivity contribution is 7.88. The predicted molar refractivity (Wildman–Crippen MR) is 126 cm³/mol. The van der Waals surface area contributed by atoms with Crippen LogP contribution in [0.1, 0.15) is 57.4 Å². The SMILES string of the molecule is CC[C@H]1CCCCN1CCCNC(=O)C1CCN(S(=O)(=O)Cc2cccc(Cl)c2)CC1. The molecule has 0 aromatic heterocycles. The Hall–Kier alpha value is -1.15. The van der Waals surface area contributed by atoms with Crippen molar-refractivity contribution in [3.8, 4) is 0 Å². The number of piperidine rings is 2. The fourth-order valence-electron chi connectivity index (χ4n) is 4.78. The first-order chi connectivity index (χ1) is 14.9. The summed E-state index contributed by atoms with van der Waals surface area (Å²) in [5.74, 6) is -0.0896. The monoisotopic (exact) mass is 469 g/mol. The van der Waals surface area contributed by atoms with Crippen LogP contribution in [0.2, 0.25) is 5.02 Å². The molecule has 0 spiro atoms. The largest absolute Gasteiger partial charge is 0.356 e. The summed E-state index contributed by atoms with van der Waals surface area (Å²) in [6.45, 7) is 5.96. The first kappa shape index (κ1) is 24.5. The summed E-state index contributed by atoms with van der Waals surface area (Å²) < 4.78 is 27.0. The zero-order valence-electron chi connectivity index (χ0n) is 18.6. The van der Waals surface area contributed by atoms with Crippen molar-refractivity contribution in [2.45, 2.75) is 63.7 Å². The highest BCUT2D eigenvalue weighted by Gasteiger charge is 2.31. The van der Waals surface area contributed by atoms with Crippen LogP contribution >= 0.6 is 11.6 Å². The molecule has 3 rings (SSSR count). The van der Waals surface area contributed by atoms with E-state index in [0.717, 1.165) is 13.0 Å². The molecule has 0 aliphatic carbocycles. The van der Waals surface area contributed by atoms with E-state index in [0.29, 0.717) is 49.1 Å². The minimum absolute atomic E-state index is 0.0559. The summed E-state index contributed by atoms with van der Waals surface area (Å²) in [6.07, 6.45) is 7.22. The van der Waals surface area contributed by atoms with Crippen LogP contribution in [0.4, 0.5) is 0 Å². The van der Waals surface area contributed by atoms with E-state index in [1.165, 1.54) is 36.5 Å². The molecule has 1 N–H and O–H groups in total. The van der Waals surface area contributed by atoms with E-state index in [2.05, 4.69) is 17.1 Å². The van der Waals surface area contributed by atoms with E-state index >= 15 is 0 Å². The molecule has 0 saturated carbocycles. The molecule has 0 unspecified atom stereocenters. The van der Waals surface area contributed by atoms with Gasteiger partial charge in [-0.1, -0.05) is 37.1 Å². The lowest BCUT2D eigenvalue weighted by molar-refractivity contribution is -0.126. The number of carbonyl (C=O) groups is 1. The molecule has 8 heteroatoms. The first-order valence-corrected chi connectivity index (χ1v) is 13.6. The minimum atomic E-state index is -3.41. The first-order valence-electron chi connectivity index (χ1n) is 11.6. The molecule has 6 nitrogen and oxygen atoms in total. The average molecular weight is 470 g/mol. The summed E-state index contributed by atoms with van der Waals surface area (Å²) in [5.41, 5.74) is 0.686. The summed E-state index contributed by atoms with van der Waals surface area (Å²) in [7, 11) is -3.41. The van der Waals surface area contributed by atoms with Crippen molar-refractivity contribution in [2.24, 2.45) is 5.92 Å². The number of likely N-dealkylation sites (tertiary alicyclic amines) is 1. The number of nitrogens with zero attached hydrogens (tertiary/aromatic N) is 2. The lowest BCUT2D eigenvalue weighted by atomic mass is 9.97. The second-order valence-electron chi connectivity index (χ2n) is 8.80. The molecule has 0 bridgehead atoms. The van der Waals surface area contributed by atoms with E-state index in [4.69, 9.17) is 11.6 Å². The van der Waals surface area contributed by atoms with E-state index in [1.54, 1.807) is 24.3 Å². The van der Waals surface area contributed by atoms with Crippen molar-refractivity contribution in [3.05, 3.63) is 34.9 Å². The number of amides is 1. The molecule has 1 aromatic rings. The van der Waals surface area contributed by atoms with Crippen molar-refractivity contribution in [2.75, 3.05) is 32.7 Å². The van der Waals surface area contributed by atoms with Crippen molar-refractivity contribution < 1.29 is 13.2 Å². The standard InChI is InChI=1S/C23H36ClN3O3S/c1-2-22-9-3-4-13-26(22)14-6-12-25-23(28)20-10-15-27(16-11-20)31(29,30)18-19-7-5-8-21(24)17-19/h5,7-8,17,20,22H,2-4,6,9-16,18H2,1H3,(H,25,28)/t22-/m0/s1. The summed E-state index contributed by atoms with van der Waals surface area (Å²) >= 11 is 5.97. The highest BCUT2D eigenvalue weighted by atomic mass is 35.5. The van der Waals surface area contributed by atoms with Gasteiger partial charge < -0.3 is 10.2 Å². The molecule has 0 radical (unpaired) electrons. The Morgan fingerprint density at radius 2 is 1.94 bits per heavy atom. The molecule has 1 amide bonds. The molecule has 1 aromatic carbocycles. The predicted octanol–water partition coefficient (Wildman–Crippen LogP) is 3.65. The zero-order chi connectivity index (χ0) is 22.3. The van der Waals surface area contributed by atoms with E-state index < -0.39 is 10.0 Å². The van der Waals surface area contributed by atoms with Gasteiger partial charge in [0.1, 0.15) is 0 Å². The maximum absolute atomic E-state index is 12.7.